The van der Waals surface area contributed by atoms with E-state index in [1.165, 1.54) is 6.92 Å². The lowest BCUT2D eigenvalue weighted by Crippen LogP contribution is -2.45. The molecule has 0 aromatic carbocycles. The van der Waals surface area contributed by atoms with Crippen LogP contribution in [-0.2, 0) is 23.9 Å². The third kappa shape index (κ3) is 3.83. The summed E-state index contributed by atoms with van der Waals surface area (Å²) in [6.45, 7) is 5.43. The molecule has 24 heavy (non-hydrogen) atoms. The summed E-state index contributed by atoms with van der Waals surface area (Å²) in [5.74, 6) is -2.28. The topological polar surface area (TPSA) is 92.8 Å². The van der Waals surface area contributed by atoms with Crippen molar-refractivity contribution in [3.05, 3.63) is 12.2 Å². The molecule has 0 radical (unpaired) electrons. The van der Waals surface area contributed by atoms with E-state index >= 15 is 0 Å². The molecule has 2 rings (SSSR count). The molecule has 132 valence electrons. The van der Waals surface area contributed by atoms with Gasteiger partial charge in [0.25, 0.3) is 5.91 Å². The van der Waals surface area contributed by atoms with Crippen LogP contribution in [0.1, 0.15) is 33.6 Å². The molecule has 1 saturated heterocycles. The minimum Gasteiger partial charge on any atom is -0.454 e. The smallest absolute Gasteiger partial charge is 0.329 e. The molecule has 0 saturated carbocycles. The van der Waals surface area contributed by atoms with E-state index in [4.69, 9.17) is 4.74 Å². The Hall–Kier alpha value is -2.18. The van der Waals surface area contributed by atoms with Crippen LogP contribution in [0.25, 0.3) is 0 Å². The van der Waals surface area contributed by atoms with Crippen LogP contribution < -0.4 is 5.32 Å². The molecule has 1 N–H and O–H groups in total. The van der Waals surface area contributed by atoms with Gasteiger partial charge in [0.1, 0.15) is 6.04 Å². The number of imide groups is 1. The summed E-state index contributed by atoms with van der Waals surface area (Å²) in [6, 6.07) is -1.02. The summed E-state index contributed by atoms with van der Waals surface area (Å²) < 4.78 is 4.95. The van der Waals surface area contributed by atoms with E-state index in [1.54, 1.807) is 0 Å². The number of nitrogens with one attached hydrogen (secondary N) is 1. The summed E-state index contributed by atoms with van der Waals surface area (Å²) >= 11 is 0. The molecule has 0 spiro atoms. The number of ether oxygens (including phenoxy) is 1. The molecule has 1 aliphatic carbocycles. The van der Waals surface area contributed by atoms with Gasteiger partial charge >= 0.3 is 5.97 Å². The third-order valence-electron chi connectivity index (χ3n) is 4.32. The van der Waals surface area contributed by atoms with E-state index in [0.717, 1.165) is 4.90 Å². The van der Waals surface area contributed by atoms with Crippen LogP contribution in [0.5, 0.6) is 0 Å². The SMILES string of the molecule is CC(C)CNC(=O)COC(=O)[C@H](C)N1C(=O)[C@@H]2CC=CC[C@H]2C1=O. The van der Waals surface area contributed by atoms with Crippen molar-refractivity contribution in [3.8, 4) is 0 Å². The van der Waals surface area contributed by atoms with Crippen molar-refractivity contribution < 1.29 is 23.9 Å². The number of allylic oxidation sites excluding steroid dienone is 2. The first kappa shape index (κ1) is 18.2. The lowest BCUT2D eigenvalue weighted by atomic mass is 9.85. The summed E-state index contributed by atoms with van der Waals surface area (Å²) in [5.41, 5.74) is 0. The molecule has 1 fully saturated rings. The number of fused-ring (bicyclic) bond motifs is 1. The fraction of sp³-hybridized carbons (Fsp3) is 0.647. The Morgan fingerprint density at radius 1 is 1.17 bits per heavy atom. The van der Waals surface area contributed by atoms with Crippen LogP contribution in [0, 0.1) is 17.8 Å². The van der Waals surface area contributed by atoms with Crippen molar-refractivity contribution in [1.82, 2.24) is 10.2 Å². The highest BCUT2D eigenvalue weighted by Gasteiger charge is 2.50. The van der Waals surface area contributed by atoms with Crippen molar-refractivity contribution in [1.29, 1.82) is 0 Å². The van der Waals surface area contributed by atoms with Crippen LogP contribution in [0.15, 0.2) is 12.2 Å². The van der Waals surface area contributed by atoms with Gasteiger partial charge in [-0.2, -0.15) is 0 Å². The molecule has 7 nitrogen and oxygen atoms in total. The first-order valence-corrected chi connectivity index (χ1v) is 8.28. The number of carbonyl (C=O) groups is 4. The molecule has 0 aromatic rings. The molecule has 0 unspecified atom stereocenters. The fourth-order valence-corrected chi connectivity index (χ4v) is 2.94. The summed E-state index contributed by atoms with van der Waals surface area (Å²) in [7, 11) is 0. The number of carbonyl (C=O) groups excluding carboxylic acids is 4. The zero-order valence-corrected chi connectivity index (χ0v) is 14.3. The minimum absolute atomic E-state index is 0.292. The number of hydrogen-bond acceptors (Lipinski definition) is 5. The quantitative estimate of drug-likeness (QED) is 0.436. The molecule has 0 aromatic heterocycles. The van der Waals surface area contributed by atoms with E-state index in [0.29, 0.717) is 25.3 Å². The second kappa shape index (κ2) is 7.59. The lowest BCUT2D eigenvalue weighted by molar-refractivity contribution is -0.159. The van der Waals surface area contributed by atoms with Gasteiger partial charge in [0.05, 0.1) is 11.8 Å². The van der Waals surface area contributed by atoms with Gasteiger partial charge in [-0.05, 0) is 25.7 Å². The van der Waals surface area contributed by atoms with E-state index in [9.17, 15) is 19.2 Å². The second-order valence-corrected chi connectivity index (χ2v) is 6.68. The maximum atomic E-state index is 12.4. The average Bonchev–Trinajstić information content (AvgIpc) is 2.81. The van der Waals surface area contributed by atoms with Gasteiger partial charge in [-0.1, -0.05) is 26.0 Å². The molecular weight excluding hydrogens is 312 g/mol. The van der Waals surface area contributed by atoms with E-state index in [2.05, 4.69) is 5.32 Å². The maximum absolute atomic E-state index is 12.4. The largest absolute Gasteiger partial charge is 0.454 e. The second-order valence-electron chi connectivity index (χ2n) is 6.68. The fourth-order valence-electron chi connectivity index (χ4n) is 2.94. The highest BCUT2D eigenvalue weighted by molar-refractivity contribution is 6.08. The predicted molar refractivity (Wildman–Crippen MR) is 85.5 cm³/mol. The van der Waals surface area contributed by atoms with E-state index in [1.807, 2.05) is 26.0 Å². The van der Waals surface area contributed by atoms with Crippen LogP contribution in [0.2, 0.25) is 0 Å². The van der Waals surface area contributed by atoms with Gasteiger partial charge in [0.2, 0.25) is 11.8 Å². The van der Waals surface area contributed by atoms with Crippen molar-refractivity contribution in [2.75, 3.05) is 13.2 Å². The van der Waals surface area contributed by atoms with Crippen molar-refractivity contribution >= 4 is 23.7 Å². The Balaban J connectivity index is 1.90. The first-order valence-electron chi connectivity index (χ1n) is 8.28. The van der Waals surface area contributed by atoms with Gasteiger partial charge in [0, 0.05) is 6.54 Å². The minimum atomic E-state index is -1.02. The number of amides is 3. The van der Waals surface area contributed by atoms with Crippen LogP contribution >= 0.6 is 0 Å². The van der Waals surface area contributed by atoms with Crippen molar-refractivity contribution in [3.63, 3.8) is 0 Å². The lowest BCUT2D eigenvalue weighted by Gasteiger charge is -2.21. The Morgan fingerprint density at radius 3 is 2.21 bits per heavy atom. The van der Waals surface area contributed by atoms with Crippen molar-refractivity contribution in [2.45, 2.75) is 39.7 Å². The summed E-state index contributed by atoms with van der Waals surface area (Å²) in [5, 5.41) is 2.63. The maximum Gasteiger partial charge on any atom is 0.329 e. The summed E-state index contributed by atoms with van der Waals surface area (Å²) in [6.07, 6.45) is 4.81. The number of hydrogen-bond donors (Lipinski definition) is 1. The first-order chi connectivity index (χ1) is 11.3. The number of likely N-dealkylation sites (tertiary alicyclic amines) is 1. The standard InChI is InChI=1S/C17H24N2O5/c1-10(2)8-18-14(20)9-24-17(23)11(3)19-15(21)12-6-4-5-7-13(12)16(19)22/h4-5,10-13H,6-9H2,1-3H3,(H,18,20)/t11-,12+,13+/m0/s1. The Bertz CT molecular complexity index is 543. The molecule has 7 heteroatoms. The number of esters is 1. The third-order valence-corrected chi connectivity index (χ3v) is 4.32. The molecular formula is C17H24N2O5. The zero-order chi connectivity index (χ0) is 17.9. The number of rotatable bonds is 6. The molecule has 2 aliphatic rings. The molecule has 0 bridgehead atoms. The molecule has 3 atom stereocenters. The van der Waals surface area contributed by atoms with Gasteiger partial charge in [-0.3, -0.25) is 19.3 Å². The normalized spacial score (nSPS) is 24.1. The zero-order valence-electron chi connectivity index (χ0n) is 14.3. The summed E-state index contributed by atoms with van der Waals surface area (Å²) in [4.78, 5) is 49.5. The average molecular weight is 336 g/mol. The van der Waals surface area contributed by atoms with Crippen LogP contribution in [-0.4, -0.2) is 47.8 Å². The molecule has 1 aliphatic heterocycles. The Morgan fingerprint density at radius 2 is 1.71 bits per heavy atom. The van der Waals surface area contributed by atoms with E-state index in [-0.39, 0.29) is 23.7 Å². The van der Waals surface area contributed by atoms with Crippen LogP contribution in [0.3, 0.4) is 0 Å². The van der Waals surface area contributed by atoms with Crippen molar-refractivity contribution in [2.24, 2.45) is 17.8 Å². The van der Waals surface area contributed by atoms with Crippen LogP contribution in [0.4, 0.5) is 0 Å². The van der Waals surface area contributed by atoms with E-state index < -0.39 is 24.5 Å². The van der Waals surface area contributed by atoms with Gasteiger partial charge in [-0.15, -0.1) is 0 Å². The van der Waals surface area contributed by atoms with Gasteiger partial charge < -0.3 is 10.1 Å². The predicted octanol–water partition coefficient (Wildman–Crippen LogP) is 0.641. The molecule has 1 heterocycles. The van der Waals surface area contributed by atoms with Gasteiger partial charge in [0.15, 0.2) is 6.61 Å². The highest BCUT2D eigenvalue weighted by Crippen LogP contribution is 2.36. The highest BCUT2D eigenvalue weighted by atomic mass is 16.5. The Kier molecular flexibility index (Phi) is 5.75. The monoisotopic (exact) mass is 336 g/mol. The Labute approximate surface area is 141 Å². The number of nitrogens with zero attached hydrogens (tertiary/aromatic N) is 1. The van der Waals surface area contributed by atoms with Gasteiger partial charge in [-0.25, -0.2) is 4.79 Å². The molecule has 3 amide bonds.